The fourth-order valence-corrected chi connectivity index (χ4v) is 3.02. The Balaban J connectivity index is 1.95. The van der Waals surface area contributed by atoms with E-state index in [1.165, 1.54) is 31.4 Å². The van der Waals surface area contributed by atoms with Crippen LogP contribution in [0, 0.1) is 11.3 Å². The van der Waals surface area contributed by atoms with Gasteiger partial charge in [0.2, 0.25) is 0 Å². The molecule has 1 aliphatic heterocycles. The molecule has 2 aliphatic rings. The summed E-state index contributed by atoms with van der Waals surface area (Å²) in [6.45, 7) is 5.66. The van der Waals surface area contributed by atoms with Crippen molar-refractivity contribution >= 4 is 0 Å². The first kappa shape index (κ1) is 12.0. The van der Waals surface area contributed by atoms with Crippen LogP contribution >= 0.6 is 0 Å². The van der Waals surface area contributed by atoms with Gasteiger partial charge in [-0.2, -0.15) is 0 Å². The van der Waals surface area contributed by atoms with Gasteiger partial charge in [-0.3, -0.25) is 0 Å². The summed E-state index contributed by atoms with van der Waals surface area (Å²) in [5, 5.41) is 3.45. The summed E-state index contributed by atoms with van der Waals surface area (Å²) >= 11 is 0. The van der Waals surface area contributed by atoms with Crippen LogP contribution in [0.25, 0.3) is 0 Å². The number of nitrogens with one attached hydrogen (secondary N) is 1. The predicted molar refractivity (Wildman–Crippen MR) is 67.2 cm³/mol. The molecule has 0 bridgehead atoms. The lowest BCUT2D eigenvalue weighted by Crippen LogP contribution is -2.38. The molecule has 0 radical (unpaired) electrons. The van der Waals surface area contributed by atoms with Gasteiger partial charge in [0.25, 0.3) is 0 Å². The highest BCUT2D eigenvalue weighted by atomic mass is 16.5. The molecule has 0 aromatic carbocycles. The molecule has 1 atom stereocenters. The van der Waals surface area contributed by atoms with E-state index in [1.807, 2.05) is 0 Å². The molecular formula is C14H25NO. The molecule has 0 spiro atoms. The van der Waals surface area contributed by atoms with Crippen LogP contribution in [0.5, 0.6) is 0 Å². The minimum atomic E-state index is 0.457. The monoisotopic (exact) mass is 223 g/mol. The van der Waals surface area contributed by atoms with Gasteiger partial charge in [0.15, 0.2) is 0 Å². The second-order valence-corrected chi connectivity index (χ2v) is 6.01. The minimum Gasteiger partial charge on any atom is -0.496 e. The largest absolute Gasteiger partial charge is 0.496 e. The first-order valence-electron chi connectivity index (χ1n) is 6.62. The highest BCUT2D eigenvalue weighted by Crippen LogP contribution is 2.40. The number of ether oxygens (including phenoxy) is 1. The average molecular weight is 223 g/mol. The zero-order chi connectivity index (χ0) is 11.6. The number of hydrogen-bond acceptors (Lipinski definition) is 2. The van der Waals surface area contributed by atoms with Crippen LogP contribution in [0.2, 0.25) is 0 Å². The number of likely N-dealkylation sites (N-methyl/N-ethyl adjacent to an activating group) is 1. The highest BCUT2D eigenvalue weighted by Gasteiger charge is 2.33. The maximum atomic E-state index is 5.71. The van der Waals surface area contributed by atoms with E-state index in [9.17, 15) is 0 Å². The normalized spacial score (nSPS) is 27.3. The third-order valence-corrected chi connectivity index (χ3v) is 4.20. The predicted octanol–water partition coefficient (Wildman–Crippen LogP) is 3.10. The summed E-state index contributed by atoms with van der Waals surface area (Å²) in [7, 11) is 2.06. The second kappa shape index (κ2) is 4.79. The van der Waals surface area contributed by atoms with Crippen molar-refractivity contribution in [1.29, 1.82) is 0 Å². The summed E-state index contributed by atoms with van der Waals surface area (Å²) in [4.78, 5) is 0. The molecule has 1 fully saturated rings. The minimum absolute atomic E-state index is 0.457. The molecular weight excluding hydrogens is 198 g/mol. The molecule has 2 nitrogen and oxygen atoms in total. The van der Waals surface area contributed by atoms with Gasteiger partial charge in [-0.1, -0.05) is 13.8 Å². The molecule has 1 aliphatic carbocycles. The van der Waals surface area contributed by atoms with E-state index in [2.05, 4.69) is 32.3 Å². The fourth-order valence-electron chi connectivity index (χ4n) is 3.02. The molecule has 1 unspecified atom stereocenters. The van der Waals surface area contributed by atoms with Gasteiger partial charge >= 0.3 is 0 Å². The Bertz CT molecular complexity index is 260. The van der Waals surface area contributed by atoms with Crippen molar-refractivity contribution in [3.05, 3.63) is 11.8 Å². The summed E-state index contributed by atoms with van der Waals surface area (Å²) in [5.74, 6) is 1.97. The van der Waals surface area contributed by atoms with E-state index < -0.39 is 0 Å². The summed E-state index contributed by atoms with van der Waals surface area (Å²) in [6, 6.07) is 0.457. The molecule has 16 heavy (non-hydrogen) atoms. The van der Waals surface area contributed by atoms with Crippen molar-refractivity contribution in [3.8, 4) is 0 Å². The Morgan fingerprint density at radius 1 is 1.38 bits per heavy atom. The van der Waals surface area contributed by atoms with Gasteiger partial charge in [0.1, 0.15) is 5.76 Å². The van der Waals surface area contributed by atoms with E-state index >= 15 is 0 Å². The third-order valence-electron chi connectivity index (χ3n) is 4.20. The first-order valence-corrected chi connectivity index (χ1v) is 6.62. The van der Waals surface area contributed by atoms with Crippen LogP contribution in [0.15, 0.2) is 11.8 Å². The van der Waals surface area contributed by atoms with E-state index in [1.54, 1.807) is 0 Å². The maximum absolute atomic E-state index is 5.71. The van der Waals surface area contributed by atoms with Gasteiger partial charge in [0.05, 0.1) is 12.6 Å². The number of rotatable bonds is 3. The van der Waals surface area contributed by atoms with Crippen molar-refractivity contribution in [3.63, 3.8) is 0 Å². The van der Waals surface area contributed by atoms with Crippen molar-refractivity contribution in [2.45, 2.75) is 52.0 Å². The van der Waals surface area contributed by atoms with Gasteiger partial charge in [0, 0.05) is 6.42 Å². The molecule has 0 amide bonds. The van der Waals surface area contributed by atoms with Crippen LogP contribution in [-0.4, -0.2) is 19.7 Å². The lowest BCUT2D eigenvalue weighted by atomic mass is 9.71. The molecule has 92 valence electrons. The van der Waals surface area contributed by atoms with Gasteiger partial charge < -0.3 is 10.1 Å². The number of hydrogen-bond donors (Lipinski definition) is 1. The van der Waals surface area contributed by atoms with Crippen molar-refractivity contribution < 1.29 is 4.74 Å². The van der Waals surface area contributed by atoms with Gasteiger partial charge in [-0.05, 0) is 50.1 Å². The second-order valence-electron chi connectivity index (χ2n) is 6.01. The van der Waals surface area contributed by atoms with E-state index in [0.29, 0.717) is 11.5 Å². The van der Waals surface area contributed by atoms with Gasteiger partial charge in [-0.15, -0.1) is 0 Å². The molecule has 1 saturated carbocycles. The molecule has 2 heteroatoms. The molecule has 0 aromatic rings. The van der Waals surface area contributed by atoms with E-state index in [-0.39, 0.29) is 0 Å². The zero-order valence-electron chi connectivity index (χ0n) is 10.9. The van der Waals surface area contributed by atoms with Crippen LogP contribution in [-0.2, 0) is 4.74 Å². The molecule has 0 saturated heterocycles. The van der Waals surface area contributed by atoms with Crippen molar-refractivity contribution in [2.75, 3.05) is 13.7 Å². The molecule has 1 heterocycles. The summed E-state index contributed by atoms with van der Waals surface area (Å²) < 4.78 is 5.71. The standard InChI is InChI=1S/C14H25NO/c1-14(2)8-6-11(7-9-14)13(15-3)12-5-4-10-16-12/h5,11,13,15H,4,6-10H2,1-3H3. The fraction of sp³-hybridized carbons (Fsp3) is 0.857. The molecule has 1 N–H and O–H groups in total. The topological polar surface area (TPSA) is 21.3 Å². The van der Waals surface area contributed by atoms with Crippen LogP contribution in [0.3, 0.4) is 0 Å². The Kier molecular flexibility index (Phi) is 3.58. The van der Waals surface area contributed by atoms with Crippen LogP contribution in [0.4, 0.5) is 0 Å². The SMILES string of the molecule is CNC(C1=CCCO1)C1CCC(C)(C)CC1. The summed E-state index contributed by atoms with van der Waals surface area (Å²) in [6.07, 6.45) is 8.72. The Morgan fingerprint density at radius 2 is 2.06 bits per heavy atom. The average Bonchev–Trinajstić information content (AvgIpc) is 2.75. The van der Waals surface area contributed by atoms with Crippen LogP contribution in [0.1, 0.15) is 46.0 Å². The molecule has 2 rings (SSSR count). The van der Waals surface area contributed by atoms with E-state index in [0.717, 1.165) is 18.9 Å². The highest BCUT2D eigenvalue weighted by molar-refractivity contribution is 5.09. The van der Waals surface area contributed by atoms with Crippen molar-refractivity contribution in [1.82, 2.24) is 5.32 Å². The van der Waals surface area contributed by atoms with Crippen molar-refractivity contribution in [2.24, 2.45) is 11.3 Å². The third kappa shape index (κ3) is 2.60. The quantitative estimate of drug-likeness (QED) is 0.794. The smallest absolute Gasteiger partial charge is 0.109 e. The zero-order valence-corrected chi connectivity index (χ0v) is 10.9. The lowest BCUT2D eigenvalue weighted by Gasteiger charge is -2.38. The Hall–Kier alpha value is -0.500. The first-order chi connectivity index (χ1) is 7.62. The lowest BCUT2D eigenvalue weighted by molar-refractivity contribution is 0.138. The summed E-state index contributed by atoms with van der Waals surface area (Å²) in [5.41, 5.74) is 0.555. The Labute approximate surface area is 99.4 Å². The molecule has 0 aromatic heterocycles. The van der Waals surface area contributed by atoms with Gasteiger partial charge in [-0.25, -0.2) is 0 Å². The Morgan fingerprint density at radius 3 is 2.56 bits per heavy atom. The van der Waals surface area contributed by atoms with Crippen LogP contribution < -0.4 is 5.32 Å². The maximum Gasteiger partial charge on any atom is 0.109 e. The van der Waals surface area contributed by atoms with E-state index in [4.69, 9.17) is 4.74 Å².